The van der Waals surface area contributed by atoms with Crippen molar-refractivity contribution < 1.29 is 9.53 Å². The SMILES string of the molecule is COC(=O)C1CCc2cnc(C3CCSCC3)n2C1. The largest absolute Gasteiger partial charge is 0.469 e. The molecule has 5 heteroatoms. The molecule has 0 bridgehead atoms. The second kappa shape index (κ2) is 5.57. The van der Waals surface area contributed by atoms with Gasteiger partial charge in [0.25, 0.3) is 0 Å². The number of rotatable bonds is 2. The number of fused-ring (bicyclic) bond motifs is 1. The van der Waals surface area contributed by atoms with E-state index in [0.29, 0.717) is 5.92 Å². The first-order chi connectivity index (χ1) is 9.29. The molecule has 2 aliphatic heterocycles. The van der Waals surface area contributed by atoms with E-state index >= 15 is 0 Å². The molecule has 1 atom stereocenters. The number of carbonyl (C=O) groups is 1. The molecule has 2 aliphatic rings. The molecule has 1 aromatic heterocycles. The lowest BCUT2D eigenvalue weighted by molar-refractivity contribution is -0.146. The van der Waals surface area contributed by atoms with Crippen molar-refractivity contribution in [1.82, 2.24) is 9.55 Å². The minimum absolute atomic E-state index is 0.00316. The number of carbonyl (C=O) groups excluding carboxylic acids is 1. The Kier molecular flexibility index (Phi) is 3.82. The zero-order valence-corrected chi connectivity index (χ0v) is 12.1. The number of nitrogens with zero attached hydrogens (tertiary/aromatic N) is 2. The van der Waals surface area contributed by atoms with Gasteiger partial charge in [0.1, 0.15) is 5.82 Å². The van der Waals surface area contributed by atoms with E-state index in [-0.39, 0.29) is 11.9 Å². The molecule has 3 rings (SSSR count). The second-order valence-corrected chi connectivity index (χ2v) is 6.59. The van der Waals surface area contributed by atoms with Crippen molar-refractivity contribution in [2.45, 2.75) is 38.1 Å². The molecule has 4 nitrogen and oxygen atoms in total. The minimum Gasteiger partial charge on any atom is -0.469 e. The topological polar surface area (TPSA) is 44.1 Å². The Labute approximate surface area is 117 Å². The lowest BCUT2D eigenvalue weighted by Crippen LogP contribution is -2.29. The molecular formula is C14H20N2O2S. The summed E-state index contributed by atoms with van der Waals surface area (Å²) in [4.78, 5) is 16.4. The lowest BCUT2D eigenvalue weighted by Gasteiger charge is -2.27. The number of imidazole rings is 1. The summed E-state index contributed by atoms with van der Waals surface area (Å²) in [6.45, 7) is 0.751. The number of methoxy groups -OCH3 is 1. The van der Waals surface area contributed by atoms with Crippen molar-refractivity contribution >= 4 is 17.7 Å². The molecule has 0 N–H and O–H groups in total. The van der Waals surface area contributed by atoms with Crippen LogP contribution >= 0.6 is 11.8 Å². The smallest absolute Gasteiger partial charge is 0.310 e. The summed E-state index contributed by atoms with van der Waals surface area (Å²) in [5, 5.41) is 0. The van der Waals surface area contributed by atoms with E-state index in [1.165, 1.54) is 43.0 Å². The number of aryl methyl sites for hydroxylation is 1. The van der Waals surface area contributed by atoms with Crippen LogP contribution in [-0.2, 0) is 22.5 Å². The Morgan fingerprint density at radius 2 is 2.21 bits per heavy atom. The Morgan fingerprint density at radius 3 is 2.95 bits per heavy atom. The Bertz CT molecular complexity index is 466. The van der Waals surface area contributed by atoms with Crippen molar-refractivity contribution in [3.05, 3.63) is 17.7 Å². The average Bonchev–Trinajstić information content (AvgIpc) is 2.90. The molecule has 0 amide bonds. The van der Waals surface area contributed by atoms with Crippen LogP contribution in [0.5, 0.6) is 0 Å². The first kappa shape index (κ1) is 13.0. The summed E-state index contributed by atoms with van der Waals surface area (Å²) in [6, 6.07) is 0. The molecule has 1 saturated heterocycles. The van der Waals surface area contributed by atoms with E-state index in [4.69, 9.17) is 4.74 Å². The van der Waals surface area contributed by atoms with Gasteiger partial charge in [-0.3, -0.25) is 4.79 Å². The number of hydrogen-bond donors (Lipinski definition) is 0. The van der Waals surface area contributed by atoms with Crippen LogP contribution in [0.15, 0.2) is 6.20 Å². The van der Waals surface area contributed by atoms with Crippen molar-refractivity contribution in [2.24, 2.45) is 5.92 Å². The van der Waals surface area contributed by atoms with Crippen LogP contribution in [0.1, 0.15) is 36.7 Å². The molecule has 0 saturated carbocycles. The standard InChI is InChI=1S/C14H20N2O2S/c1-18-14(17)11-2-3-12-8-15-13(16(12)9-11)10-4-6-19-7-5-10/h8,10-11H,2-7,9H2,1H3. The van der Waals surface area contributed by atoms with Gasteiger partial charge in [0.05, 0.1) is 13.0 Å². The van der Waals surface area contributed by atoms with Crippen molar-refractivity contribution in [3.8, 4) is 0 Å². The minimum atomic E-state index is -0.0792. The third-order valence-corrected chi connectivity index (χ3v) is 5.29. The van der Waals surface area contributed by atoms with Gasteiger partial charge in [-0.1, -0.05) is 0 Å². The molecule has 1 aromatic rings. The summed E-state index contributed by atoms with van der Waals surface area (Å²) >= 11 is 2.03. The molecule has 19 heavy (non-hydrogen) atoms. The van der Waals surface area contributed by atoms with Gasteiger partial charge >= 0.3 is 5.97 Å². The monoisotopic (exact) mass is 280 g/mol. The van der Waals surface area contributed by atoms with E-state index in [0.717, 1.165) is 19.4 Å². The van der Waals surface area contributed by atoms with Gasteiger partial charge in [-0.05, 0) is 37.2 Å². The zero-order chi connectivity index (χ0) is 13.2. The molecule has 0 spiro atoms. The molecule has 0 aliphatic carbocycles. The average molecular weight is 280 g/mol. The summed E-state index contributed by atoms with van der Waals surface area (Å²) in [5.41, 5.74) is 1.29. The fourth-order valence-electron chi connectivity index (χ4n) is 3.11. The third kappa shape index (κ3) is 2.53. The first-order valence-corrected chi connectivity index (χ1v) is 8.15. The highest BCUT2D eigenvalue weighted by molar-refractivity contribution is 7.99. The van der Waals surface area contributed by atoms with E-state index < -0.39 is 0 Å². The Hall–Kier alpha value is -0.970. The Balaban J connectivity index is 1.81. The number of ether oxygens (including phenoxy) is 1. The molecule has 1 unspecified atom stereocenters. The van der Waals surface area contributed by atoms with Gasteiger partial charge in [-0.25, -0.2) is 4.98 Å². The molecule has 1 fully saturated rings. The molecule has 3 heterocycles. The molecule has 0 radical (unpaired) electrons. The van der Waals surface area contributed by atoms with Crippen LogP contribution in [0.25, 0.3) is 0 Å². The molecule has 0 aromatic carbocycles. The van der Waals surface area contributed by atoms with E-state index in [2.05, 4.69) is 9.55 Å². The zero-order valence-electron chi connectivity index (χ0n) is 11.3. The maximum atomic E-state index is 11.7. The van der Waals surface area contributed by atoms with Crippen molar-refractivity contribution in [3.63, 3.8) is 0 Å². The fraction of sp³-hybridized carbons (Fsp3) is 0.714. The van der Waals surface area contributed by atoms with E-state index in [1.807, 2.05) is 18.0 Å². The molecule has 104 valence electrons. The highest BCUT2D eigenvalue weighted by atomic mass is 32.2. The van der Waals surface area contributed by atoms with Gasteiger partial charge in [-0.2, -0.15) is 11.8 Å². The van der Waals surface area contributed by atoms with Crippen LogP contribution in [0, 0.1) is 5.92 Å². The highest BCUT2D eigenvalue weighted by Crippen LogP contribution is 2.33. The second-order valence-electron chi connectivity index (χ2n) is 5.36. The van der Waals surface area contributed by atoms with Gasteiger partial charge in [0.2, 0.25) is 0 Å². The predicted molar refractivity (Wildman–Crippen MR) is 75.4 cm³/mol. The fourth-order valence-corrected chi connectivity index (χ4v) is 4.22. The van der Waals surface area contributed by atoms with Crippen LogP contribution < -0.4 is 0 Å². The number of thioether (sulfide) groups is 1. The Morgan fingerprint density at radius 1 is 1.42 bits per heavy atom. The maximum Gasteiger partial charge on any atom is 0.310 e. The normalized spacial score (nSPS) is 23.9. The summed E-state index contributed by atoms with van der Waals surface area (Å²) in [6.07, 6.45) is 6.26. The number of esters is 1. The lowest BCUT2D eigenvalue weighted by atomic mass is 9.96. The van der Waals surface area contributed by atoms with Crippen LogP contribution in [0.3, 0.4) is 0 Å². The van der Waals surface area contributed by atoms with Crippen LogP contribution in [0.2, 0.25) is 0 Å². The first-order valence-electron chi connectivity index (χ1n) is 6.99. The number of aromatic nitrogens is 2. The van der Waals surface area contributed by atoms with Crippen molar-refractivity contribution in [2.75, 3.05) is 18.6 Å². The van der Waals surface area contributed by atoms with Crippen molar-refractivity contribution in [1.29, 1.82) is 0 Å². The van der Waals surface area contributed by atoms with Crippen LogP contribution in [-0.4, -0.2) is 34.1 Å². The van der Waals surface area contributed by atoms with Gasteiger partial charge in [-0.15, -0.1) is 0 Å². The number of hydrogen-bond acceptors (Lipinski definition) is 4. The third-order valence-electron chi connectivity index (χ3n) is 4.24. The summed E-state index contributed by atoms with van der Waals surface area (Å²) < 4.78 is 7.17. The van der Waals surface area contributed by atoms with E-state index in [9.17, 15) is 4.79 Å². The summed E-state index contributed by atoms with van der Waals surface area (Å²) in [7, 11) is 1.48. The molecular weight excluding hydrogens is 260 g/mol. The van der Waals surface area contributed by atoms with E-state index in [1.54, 1.807) is 0 Å². The predicted octanol–water partition coefficient (Wildman–Crippen LogP) is 2.23. The maximum absolute atomic E-state index is 11.7. The summed E-state index contributed by atoms with van der Waals surface area (Å²) in [5.74, 6) is 4.16. The van der Waals surface area contributed by atoms with Gasteiger partial charge in [0, 0.05) is 24.4 Å². The van der Waals surface area contributed by atoms with Crippen LogP contribution in [0.4, 0.5) is 0 Å². The highest BCUT2D eigenvalue weighted by Gasteiger charge is 2.29. The van der Waals surface area contributed by atoms with Gasteiger partial charge in [0.15, 0.2) is 0 Å². The van der Waals surface area contributed by atoms with Gasteiger partial charge < -0.3 is 9.30 Å². The quantitative estimate of drug-likeness (QED) is 0.779.